The molecule has 0 fully saturated rings. The van der Waals surface area contributed by atoms with Gasteiger partial charge < -0.3 is 18.9 Å². The van der Waals surface area contributed by atoms with E-state index in [1.807, 2.05) is 0 Å². The second-order valence-electron chi connectivity index (χ2n) is 8.55. The van der Waals surface area contributed by atoms with Crippen LogP contribution in [0.15, 0.2) is 24.7 Å². The fraction of sp³-hybridized carbons (Fsp3) is 0.500. The molecule has 3 aromatic rings. The lowest BCUT2D eigenvalue weighted by atomic mass is 10.2. The quantitative estimate of drug-likeness (QED) is 0.394. The zero-order valence-electron chi connectivity index (χ0n) is 21.0. The van der Waals surface area contributed by atoms with Crippen molar-refractivity contribution in [2.24, 2.45) is 0 Å². The number of methoxy groups -OCH3 is 2. The first kappa shape index (κ1) is 27.0. The van der Waals surface area contributed by atoms with Gasteiger partial charge in [0.1, 0.15) is 18.0 Å². The van der Waals surface area contributed by atoms with Gasteiger partial charge in [-0.25, -0.2) is 23.4 Å². The second kappa shape index (κ2) is 11.1. The first-order valence-corrected chi connectivity index (χ1v) is 13.3. The number of fused-ring (bicyclic) bond motifs is 3. The number of hydrogen-bond donors (Lipinski definition) is 1. The van der Waals surface area contributed by atoms with Gasteiger partial charge in [0.15, 0.2) is 17.4 Å². The molecular weight excluding hydrogens is 526 g/mol. The minimum Gasteiger partial charge on any atom is -0.485 e. The van der Waals surface area contributed by atoms with Gasteiger partial charge in [-0.2, -0.15) is 0 Å². The first-order valence-electron chi connectivity index (χ1n) is 11.4. The number of aromatic nitrogens is 6. The molecule has 15 heteroatoms. The second-order valence-corrected chi connectivity index (χ2v) is 11.0. The van der Waals surface area contributed by atoms with Crippen LogP contribution in [-0.2, 0) is 19.5 Å². The van der Waals surface area contributed by atoms with Crippen molar-refractivity contribution in [3.8, 4) is 23.0 Å². The van der Waals surface area contributed by atoms with Crippen LogP contribution in [0.25, 0.3) is 11.4 Å². The SMILES string of the molecule is COC[C@H]1COc2c(ccnc2OC)-c2nnc(NS(=O)(=O)[C@@H](C)[C@@H](OC(C)C)c3ncc(Cl)cn3)n21. The number of hydrogen-bond acceptors (Lipinski definition) is 11. The number of pyridine rings is 1. The normalized spacial score (nSPS) is 16.8. The van der Waals surface area contributed by atoms with Gasteiger partial charge in [0.05, 0.1) is 36.4 Å². The molecule has 4 rings (SSSR count). The number of nitrogens with one attached hydrogen (secondary N) is 1. The fourth-order valence-corrected chi connectivity index (χ4v) is 5.06. The van der Waals surface area contributed by atoms with Crippen molar-refractivity contribution in [2.45, 2.75) is 44.3 Å². The molecule has 37 heavy (non-hydrogen) atoms. The van der Waals surface area contributed by atoms with Gasteiger partial charge in [-0.05, 0) is 26.8 Å². The molecule has 0 unspecified atom stereocenters. The van der Waals surface area contributed by atoms with Crippen molar-refractivity contribution in [1.29, 1.82) is 0 Å². The Kier molecular flexibility index (Phi) is 8.11. The largest absolute Gasteiger partial charge is 0.485 e. The van der Waals surface area contributed by atoms with E-state index < -0.39 is 27.4 Å². The lowest BCUT2D eigenvalue weighted by molar-refractivity contribution is 0.00154. The standard InChI is InChI=1S/C22H28ClN7O6S/c1-12(2)36-17(19-25-8-14(23)9-26-19)13(3)37(31,32)29-22-28-27-20-16-6-7-24-21(34-5)18(16)35-11-15(10-33-4)30(20)22/h6-9,12-13,15,17H,10-11H2,1-5H3,(H,28,29)/t13-,15-,17+/m0/s1. The summed E-state index contributed by atoms with van der Waals surface area (Å²) in [7, 11) is -1.07. The van der Waals surface area contributed by atoms with E-state index in [9.17, 15) is 8.42 Å². The summed E-state index contributed by atoms with van der Waals surface area (Å²) in [5, 5.41) is 7.64. The summed E-state index contributed by atoms with van der Waals surface area (Å²) < 4.78 is 54.0. The van der Waals surface area contributed by atoms with E-state index in [1.165, 1.54) is 33.5 Å². The third-order valence-electron chi connectivity index (χ3n) is 5.61. The molecule has 0 aliphatic carbocycles. The first-order chi connectivity index (χ1) is 17.7. The van der Waals surface area contributed by atoms with Gasteiger partial charge in [0.2, 0.25) is 16.0 Å². The Morgan fingerprint density at radius 2 is 1.92 bits per heavy atom. The summed E-state index contributed by atoms with van der Waals surface area (Å²) in [5.41, 5.74) is 0.548. The Hall–Kier alpha value is -3.07. The van der Waals surface area contributed by atoms with E-state index >= 15 is 0 Å². The van der Waals surface area contributed by atoms with Gasteiger partial charge in [0.25, 0.3) is 5.88 Å². The zero-order chi connectivity index (χ0) is 26.7. The Morgan fingerprint density at radius 3 is 2.57 bits per heavy atom. The molecule has 3 aromatic heterocycles. The summed E-state index contributed by atoms with van der Waals surface area (Å²) in [5.74, 6) is 1.21. The number of ether oxygens (including phenoxy) is 4. The molecule has 1 aliphatic rings. The molecule has 0 saturated carbocycles. The van der Waals surface area contributed by atoms with Gasteiger partial charge >= 0.3 is 0 Å². The van der Waals surface area contributed by atoms with Crippen LogP contribution in [0.2, 0.25) is 5.02 Å². The smallest absolute Gasteiger partial charge is 0.257 e. The number of anilines is 1. The van der Waals surface area contributed by atoms with Crippen molar-refractivity contribution >= 4 is 27.6 Å². The van der Waals surface area contributed by atoms with E-state index in [1.54, 1.807) is 30.7 Å². The van der Waals surface area contributed by atoms with E-state index in [0.29, 0.717) is 22.2 Å². The van der Waals surface area contributed by atoms with Crippen molar-refractivity contribution in [3.05, 3.63) is 35.5 Å². The third kappa shape index (κ3) is 5.61. The highest BCUT2D eigenvalue weighted by molar-refractivity contribution is 7.93. The summed E-state index contributed by atoms with van der Waals surface area (Å²) in [6.45, 7) is 5.44. The van der Waals surface area contributed by atoms with Crippen LogP contribution in [0.5, 0.6) is 11.6 Å². The lowest BCUT2D eigenvalue weighted by Gasteiger charge is -2.26. The molecule has 0 spiro atoms. The van der Waals surface area contributed by atoms with E-state index in [0.717, 1.165) is 0 Å². The lowest BCUT2D eigenvalue weighted by Crippen LogP contribution is -2.35. The molecule has 0 saturated heterocycles. The predicted octanol–water partition coefficient (Wildman–Crippen LogP) is 2.67. The van der Waals surface area contributed by atoms with Gasteiger partial charge in [-0.15, -0.1) is 10.2 Å². The van der Waals surface area contributed by atoms with Gasteiger partial charge in [0, 0.05) is 25.7 Å². The van der Waals surface area contributed by atoms with Crippen LogP contribution in [0.1, 0.15) is 38.7 Å². The molecule has 3 atom stereocenters. The zero-order valence-corrected chi connectivity index (χ0v) is 22.5. The molecule has 4 heterocycles. The molecule has 1 N–H and O–H groups in total. The maximum absolute atomic E-state index is 13.6. The highest BCUT2D eigenvalue weighted by Crippen LogP contribution is 2.40. The summed E-state index contributed by atoms with van der Waals surface area (Å²) in [6, 6.07) is 1.24. The monoisotopic (exact) mass is 553 g/mol. The number of rotatable bonds is 10. The molecule has 1 aliphatic heterocycles. The number of sulfonamides is 1. The minimum atomic E-state index is -4.09. The topological polar surface area (TPSA) is 152 Å². The van der Waals surface area contributed by atoms with Crippen LogP contribution < -0.4 is 14.2 Å². The van der Waals surface area contributed by atoms with Crippen LogP contribution in [0, 0.1) is 0 Å². The average molecular weight is 554 g/mol. The summed E-state index contributed by atoms with van der Waals surface area (Å²) in [6.07, 6.45) is 3.05. The molecular formula is C22H28ClN7O6S. The molecule has 0 amide bonds. The summed E-state index contributed by atoms with van der Waals surface area (Å²) >= 11 is 5.91. The fourth-order valence-electron chi connectivity index (χ4n) is 3.88. The van der Waals surface area contributed by atoms with Gasteiger partial charge in [-0.3, -0.25) is 9.29 Å². The Bertz CT molecular complexity index is 1340. The molecule has 0 aromatic carbocycles. The van der Waals surface area contributed by atoms with Crippen molar-refractivity contribution in [2.75, 3.05) is 32.2 Å². The molecule has 0 radical (unpaired) electrons. The third-order valence-corrected chi connectivity index (χ3v) is 7.50. The number of halogens is 1. The predicted molar refractivity (Wildman–Crippen MR) is 134 cm³/mol. The highest BCUT2D eigenvalue weighted by Gasteiger charge is 2.37. The van der Waals surface area contributed by atoms with Crippen molar-refractivity contribution in [3.63, 3.8) is 0 Å². The van der Waals surface area contributed by atoms with E-state index in [2.05, 4.69) is 29.9 Å². The summed E-state index contributed by atoms with van der Waals surface area (Å²) in [4.78, 5) is 12.5. The van der Waals surface area contributed by atoms with Crippen LogP contribution in [0.3, 0.4) is 0 Å². The highest BCUT2D eigenvalue weighted by atomic mass is 35.5. The van der Waals surface area contributed by atoms with Crippen molar-refractivity contribution in [1.82, 2.24) is 29.7 Å². The molecule has 0 bridgehead atoms. The Labute approximate surface area is 219 Å². The van der Waals surface area contributed by atoms with Crippen LogP contribution >= 0.6 is 11.6 Å². The average Bonchev–Trinajstić information content (AvgIpc) is 3.19. The Balaban J connectivity index is 1.73. The van der Waals surface area contributed by atoms with Crippen LogP contribution in [-0.4, -0.2) is 76.9 Å². The molecule has 13 nitrogen and oxygen atoms in total. The van der Waals surface area contributed by atoms with Gasteiger partial charge in [-0.1, -0.05) is 11.6 Å². The Morgan fingerprint density at radius 1 is 1.19 bits per heavy atom. The number of nitrogens with zero attached hydrogens (tertiary/aromatic N) is 6. The maximum Gasteiger partial charge on any atom is 0.257 e. The molecule has 200 valence electrons. The van der Waals surface area contributed by atoms with E-state index in [4.69, 9.17) is 30.5 Å². The van der Waals surface area contributed by atoms with Crippen LogP contribution in [0.4, 0.5) is 5.95 Å². The van der Waals surface area contributed by atoms with Crippen molar-refractivity contribution < 1.29 is 27.4 Å². The van der Waals surface area contributed by atoms with E-state index in [-0.39, 0.29) is 37.0 Å². The minimum absolute atomic E-state index is 0.00329. The maximum atomic E-state index is 13.6.